The summed E-state index contributed by atoms with van der Waals surface area (Å²) >= 11 is 0. The number of aromatic nitrogens is 1. The number of rotatable bonds is 23. The van der Waals surface area contributed by atoms with E-state index in [0.717, 1.165) is 71.2 Å². The van der Waals surface area contributed by atoms with Gasteiger partial charge >= 0.3 is 0 Å². The average molecular weight is 792 g/mol. The number of methoxy groups -OCH3 is 1. The maximum absolute atomic E-state index is 13.3. The molecule has 1 heterocycles. The van der Waals surface area contributed by atoms with E-state index in [1.807, 2.05) is 97.1 Å². The van der Waals surface area contributed by atoms with Crippen LogP contribution >= 0.6 is 0 Å². The number of benzene rings is 4. The first kappa shape index (κ1) is 43.9. The van der Waals surface area contributed by atoms with Gasteiger partial charge in [0.15, 0.2) is 5.76 Å². The van der Waals surface area contributed by atoms with Crippen molar-refractivity contribution in [3.63, 3.8) is 0 Å². The molecule has 0 saturated heterocycles. The van der Waals surface area contributed by atoms with Crippen LogP contribution in [0.2, 0.25) is 0 Å². The van der Waals surface area contributed by atoms with Crippen LogP contribution < -0.4 is 15.4 Å². The summed E-state index contributed by atoms with van der Waals surface area (Å²) in [6, 6.07) is 30.3. The number of aliphatic hydroxyl groups excluding tert-OH is 1. The van der Waals surface area contributed by atoms with E-state index in [4.69, 9.17) is 9.26 Å². The van der Waals surface area contributed by atoms with E-state index < -0.39 is 0 Å². The van der Waals surface area contributed by atoms with Crippen molar-refractivity contribution in [2.75, 3.05) is 17.7 Å². The van der Waals surface area contributed by atoms with Gasteiger partial charge in [0, 0.05) is 23.4 Å². The molecule has 0 aliphatic carbocycles. The summed E-state index contributed by atoms with van der Waals surface area (Å²) in [5, 5.41) is 19.8. The maximum Gasteiger partial charge on any atom is 0.232 e. The molecule has 0 aliphatic rings. The van der Waals surface area contributed by atoms with Gasteiger partial charge in [0.25, 0.3) is 0 Å². The molecule has 3 N–H and O–H groups in total. The highest BCUT2D eigenvalue weighted by Crippen LogP contribution is 2.36. The fourth-order valence-corrected chi connectivity index (χ4v) is 6.47. The molecule has 0 fully saturated rings. The minimum Gasteiger partial charge on any atom is -0.497 e. The van der Waals surface area contributed by atoms with Crippen LogP contribution in [-0.4, -0.2) is 29.2 Å². The smallest absolute Gasteiger partial charge is 0.232 e. The average Bonchev–Trinajstić information content (AvgIpc) is 3.68. The van der Waals surface area contributed by atoms with E-state index in [1.54, 1.807) is 7.11 Å². The molecule has 8 nitrogen and oxygen atoms in total. The second-order valence-corrected chi connectivity index (χ2v) is 14.3. The molecule has 0 radical (unpaired) electrons. The van der Waals surface area contributed by atoms with Crippen molar-refractivity contribution in [2.24, 2.45) is 0 Å². The number of amides is 2. The Morgan fingerprint density at radius 1 is 0.627 bits per heavy atom. The van der Waals surface area contributed by atoms with E-state index in [2.05, 4.69) is 71.3 Å². The van der Waals surface area contributed by atoms with Crippen LogP contribution in [-0.2, 0) is 22.6 Å². The lowest BCUT2D eigenvalue weighted by molar-refractivity contribution is -0.116. The Morgan fingerprint density at radius 3 is 1.68 bits per heavy atom. The molecule has 5 rings (SSSR count). The summed E-state index contributed by atoms with van der Waals surface area (Å²) < 4.78 is 11.1. The number of unbranched alkanes of at least 4 members (excludes halogenated alkanes) is 4. The second kappa shape index (κ2) is 24.5. The van der Waals surface area contributed by atoms with Crippen LogP contribution in [0, 0.1) is 0 Å². The van der Waals surface area contributed by atoms with Gasteiger partial charge in [-0.3, -0.25) is 9.59 Å². The minimum absolute atomic E-state index is 0.00288. The van der Waals surface area contributed by atoms with Crippen molar-refractivity contribution in [3.8, 4) is 39.3 Å². The summed E-state index contributed by atoms with van der Waals surface area (Å²) in [7, 11) is 1.61. The largest absolute Gasteiger partial charge is 0.497 e. The lowest BCUT2D eigenvalue weighted by atomic mass is 9.97. The first-order chi connectivity index (χ1) is 29.0. The highest BCUT2D eigenvalue weighted by Gasteiger charge is 2.22. The topological polar surface area (TPSA) is 114 Å². The van der Waals surface area contributed by atoms with Crippen LogP contribution in [0.3, 0.4) is 0 Å². The molecule has 0 spiro atoms. The van der Waals surface area contributed by atoms with Crippen molar-refractivity contribution in [2.45, 2.75) is 84.2 Å². The van der Waals surface area contributed by atoms with Gasteiger partial charge in [-0.05, 0) is 104 Å². The molecule has 59 heavy (non-hydrogen) atoms. The van der Waals surface area contributed by atoms with Crippen molar-refractivity contribution in [1.82, 2.24) is 5.16 Å². The number of nitrogens with zero attached hydrogens (tertiary/aromatic N) is 1. The van der Waals surface area contributed by atoms with Crippen LogP contribution in [0.1, 0.15) is 82.5 Å². The Labute approximate surface area is 349 Å². The summed E-state index contributed by atoms with van der Waals surface area (Å²) in [5.74, 6) is 0.905. The zero-order chi connectivity index (χ0) is 41.5. The summed E-state index contributed by atoms with van der Waals surface area (Å²) in [4.78, 5) is 25.9. The molecule has 8 heteroatoms. The van der Waals surface area contributed by atoms with Crippen LogP contribution in [0.15, 0.2) is 150 Å². The van der Waals surface area contributed by atoms with Crippen LogP contribution in [0.25, 0.3) is 33.5 Å². The molecule has 0 atom stereocenters. The Bertz CT molecular complexity index is 2140. The lowest BCUT2D eigenvalue weighted by Crippen LogP contribution is -2.14. The number of aliphatic hydroxyl groups is 1. The lowest BCUT2D eigenvalue weighted by Gasteiger charge is -2.09. The Morgan fingerprint density at radius 2 is 1.14 bits per heavy atom. The Kier molecular flexibility index (Phi) is 18.2. The highest BCUT2D eigenvalue weighted by atomic mass is 16.5. The molecule has 0 saturated carbocycles. The van der Waals surface area contributed by atoms with Crippen molar-refractivity contribution in [1.29, 1.82) is 0 Å². The predicted octanol–water partition coefficient (Wildman–Crippen LogP) is 12.4. The SMILES string of the molecule is CCCCC/C=C\C/C=C\C/C=C\C/C=C\CCCC(=O)Nc1ccc(-c2ccc(NC(=O)Cc3onc(-c4ccc(CO)cc4)c3-c3ccc(OC)cc3)cc2)cc1. The number of carbonyl (C=O) groups is 2. The van der Waals surface area contributed by atoms with Gasteiger partial charge in [-0.2, -0.15) is 0 Å². The summed E-state index contributed by atoms with van der Waals surface area (Å²) in [6.07, 6.45) is 27.7. The number of hydrogen-bond acceptors (Lipinski definition) is 6. The third-order valence-electron chi connectivity index (χ3n) is 9.78. The molecule has 5 aromatic rings. The Balaban J connectivity index is 1.04. The maximum atomic E-state index is 13.3. The van der Waals surface area contributed by atoms with E-state index in [0.29, 0.717) is 29.3 Å². The van der Waals surface area contributed by atoms with Gasteiger partial charge in [0.1, 0.15) is 11.4 Å². The molecule has 4 aromatic carbocycles. The zero-order valence-electron chi connectivity index (χ0n) is 34.4. The molecule has 1 aromatic heterocycles. The first-order valence-electron chi connectivity index (χ1n) is 20.7. The van der Waals surface area contributed by atoms with Gasteiger partial charge in [-0.15, -0.1) is 0 Å². The van der Waals surface area contributed by atoms with E-state index in [-0.39, 0.29) is 24.8 Å². The number of anilines is 2. The molecule has 0 aliphatic heterocycles. The van der Waals surface area contributed by atoms with Crippen molar-refractivity contribution < 1.29 is 24.0 Å². The van der Waals surface area contributed by atoms with Crippen molar-refractivity contribution >= 4 is 23.2 Å². The molecule has 0 bridgehead atoms. The number of carbonyl (C=O) groups excluding carboxylic acids is 2. The number of hydrogen-bond donors (Lipinski definition) is 3. The van der Waals surface area contributed by atoms with Gasteiger partial charge in [0.05, 0.1) is 25.7 Å². The number of allylic oxidation sites excluding steroid dienone is 8. The first-order valence-corrected chi connectivity index (χ1v) is 20.7. The minimum atomic E-state index is -0.245. The number of ether oxygens (including phenoxy) is 1. The monoisotopic (exact) mass is 791 g/mol. The van der Waals surface area contributed by atoms with Gasteiger partial charge in [-0.25, -0.2) is 0 Å². The molecule has 306 valence electrons. The predicted molar refractivity (Wildman–Crippen MR) is 241 cm³/mol. The summed E-state index contributed by atoms with van der Waals surface area (Å²) in [6.45, 7) is 2.18. The zero-order valence-corrected chi connectivity index (χ0v) is 34.4. The van der Waals surface area contributed by atoms with E-state index >= 15 is 0 Å². The van der Waals surface area contributed by atoms with Crippen molar-refractivity contribution in [3.05, 3.63) is 157 Å². The van der Waals surface area contributed by atoms with E-state index in [1.165, 1.54) is 25.7 Å². The molecule has 0 unspecified atom stereocenters. The molecule has 2 amide bonds. The standard InChI is InChI=1S/C51H57N3O5/c1-3-4-5-6-7-8-9-10-11-12-13-14-15-16-17-18-19-20-48(56)52-44-31-25-40(26-32-44)41-27-33-45(34-28-41)53-49(57)37-47-50(42-29-35-46(58-2)36-30-42)51(54-59-47)43-23-21-39(38-55)22-24-43/h7-8,10-11,13-14,16-17,21-36,55H,3-6,9,12,15,18-20,37-38H2,1-2H3,(H,52,56)(H,53,57)/b8-7-,11-10-,14-13-,17-16-. The van der Waals surface area contributed by atoms with Crippen LogP contribution in [0.4, 0.5) is 11.4 Å². The third kappa shape index (κ3) is 14.6. The normalized spacial score (nSPS) is 11.6. The molecular formula is C51H57N3O5. The second-order valence-electron chi connectivity index (χ2n) is 14.3. The fourth-order valence-electron chi connectivity index (χ4n) is 6.47. The quantitative estimate of drug-likeness (QED) is 0.0448. The van der Waals surface area contributed by atoms with Gasteiger partial charge in [0.2, 0.25) is 11.8 Å². The molecular weight excluding hydrogens is 735 g/mol. The summed E-state index contributed by atoms with van der Waals surface area (Å²) in [5.41, 5.74) is 7.14. The van der Waals surface area contributed by atoms with E-state index in [9.17, 15) is 14.7 Å². The fraction of sp³-hybridized carbons (Fsp3) is 0.275. The highest BCUT2D eigenvalue weighted by molar-refractivity contribution is 5.95. The van der Waals surface area contributed by atoms with Gasteiger partial charge < -0.3 is 25.0 Å². The Hall–Kier alpha value is -6.25. The third-order valence-corrected chi connectivity index (χ3v) is 9.78. The van der Waals surface area contributed by atoms with Crippen LogP contribution in [0.5, 0.6) is 5.75 Å². The van der Waals surface area contributed by atoms with Gasteiger partial charge in [-0.1, -0.05) is 134 Å². The number of nitrogens with one attached hydrogen (secondary N) is 2.